The Bertz CT molecular complexity index is 489. The summed E-state index contributed by atoms with van der Waals surface area (Å²) in [6.45, 7) is 7.05. The molecule has 0 bridgehead atoms. The van der Waals surface area contributed by atoms with E-state index in [-0.39, 0.29) is 11.3 Å². The Morgan fingerprint density at radius 3 is 2.95 bits per heavy atom. The summed E-state index contributed by atoms with van der Waals surface area (Å²) in [5, 5.41) is 0. The van der Waals surface area contributed by atoms with Gasteiger partial charge in [0.05, 0.1) is 6.61 Å². The summed E-state index contributed by atoms with van der Waals surface area (Å²) < 4.78 is 5.67. The maximum atomic E-state index is 12.1. The molecule has 2 rings (SSSR count). The predicted octanol–water partition coefficient (Wildman–Crippen LogP) is 2.35. The molecule has 0 aliphatic carbocycles. The number of nitrogens with two attached hydrogens (primary N) is 1. The number of carbonyl (C=O) groups excluding carboxylic acids is 1. The van der Waals surface area contributed by atoms with E-state index in [0.717, 1.165) is 31.7 Å². The molecule has 1 aliphatic heterocycles. The van der Waals surface area contributed by atoms with E-state index in [4.69, 9.17) is 10.5 Å². The van der Waals surface area contributed by atoms with Gasteiger partial charge in [0.25, 0.3) is 0 Å². The summed E-state index contributed by atoms with van der Waals surface area (Å²) in [6, 6.07) is 7.98. The van der Waals surface area contributed by atoms with Crippen LogP contribution in [0.3, 0.4) is 0 Å². The zero-order valence-electron chi connectivity index (χ0n) is 13.1. The molecule has 4 heteroatoms. The van der Waals surface area contributed by atoms with Crippen LogP contribution in [0.25, 0.3) is 0 Å². The minimum Gasteiger partial charge on any atom is -0.494 e. The van der Waals surface area contributed by atoms with Crippen molar-refractivity contribution in [2.75, 3.05) is 26.2 Å². The average Bonchev–Trinajstić information content (AvgIpc) is 2.87. The Morgan fingerprint density at radius 1 is 1.48 bits per heavy atom. The number of rotatable bonds is 6. The van der Waals surface area contributed by atoms with E-state index in [9.17, 15) is 4.79 Å². The van der Waals surface area contributed by atoms with E-state index in [2.05, 4.69) is 6.92 Å². The fraction of sp³-hybridized carbons (Fsp3) is 0.588. The smallest absolute Gasteiger partial charge is 0.222 e. The van der Waals surface area contributed by atoms with Crippen molar-refractivity contribution in [2.24, 2.45) is 11.1 Å². The molecule has 0 spiro atoms. The van der Waals surface area contributed by atoms with Gasteiger partial charge in [-0.1, -0.05) is 19.1 Å². The fourth-order valence-electron chi connectivity index (χ4n) is 2.68. The van der Waals surface area contributed by atoms with E-state index >= 15 is 0 Å². The third kappa shape index (κ3) is 4.46. The van der Waals surface area contributed by atoms with Crippen LogP contribution in [-0.2, 0) is 4.79 Å². The SMILES string of the molecule is Cc1cccc(OCCCC(=O)N2CCC(C)(CN)C2)c1. The summed E-state index contributed by atoms with van der Waals surface area (Å²) in [4.78, 5) is 14.1. The summed E-state index contributed by atoms with van der Waals surface area (Å²) in [5.74, 6) is 1.10. The highest BCUT2D eigenvalue weighted by atomic mass is 16.5. The molecule has 1 heterocycles. The first-order chi connectivity index (χ1) is 10.0. The second-order valence-corrected chi connectivity index (χ2v) is 6.35. The summed E-state index contributed by atoms with van der Waals surface area (Å²) in [7, 11) is 0. The highest BCUT2D eigenvalue weighted by Crippen LogP contribution is 2.28. The Balaban J connectivity index is 1.68. The fourth-order valence-corrected chi connectivity index (χ4v) is 2.68. The zero-order chi connectivity index (χ0) is 15.3. The minimum absolute atomic E-state index is 0.105. The molecular formula is C17H26N2O2. The molecule has 0 saturated carbocycles. The lowest BCUT2D eigenvalue weighted by molar-refractivity contribution is -0.130. The molecule has 116 valence electrons. The van der Waals surface area contributed by atoms with Crippen molar-refractivity contribution in [1.82, 2.24) is 4.90 Å². The monoisotopic (exact) mass is 290 g/mol. The number of benzene rings is 1. The van der Waals surface area contributed by atoms with Gasteiger partial charge in [-0.15, -0.1) is 0 Å². The number of likely N-dealkylation sites (tertiary alicyclic amines) is 1. The van der Waals surface area contributed by atoms with E-state index in [0.29, 0.717) is 19.6 Å². The van der Waals surface area contributed by atoms with Gasteiger partial charge in [-0.05, 0) is 49.4 Å². The van der Waals surface area contributed by atoms with Crippen LogP contribution >= 0.6 is 0 Å². The van der Waals surface area contributed by atoms with Crippen LogP contribution in [0.2, 0.25) is 0 Å². The predicted molar refractivity (Wildman–Crippen MR) is 84.3 cm³/mol. The van der Waals surface area contributed by atoms with Crippen molar-refractivity contribution < 1.29 is 9.53 Å². The largest absolute Gasteiger partial charge is 0.494 e. The van der Waals surface area contributed by atoms with Gasteiger partial charge < -0.3 is 15.4 Å². The Hall–Kier alpha value is -1.55. The van der Waals surface area contributed by atoms with Crippen molar-refractivity contribution in [2.45, 2.75) is 33.1 Å². The maximum absolute atomic E-state index is 12.1. The van der Waals surface area contributed by atoms with Crippen LogP contribution in [0.15, 0.2) is 24.3 Å². The second kappa shape index (κ2) is 6.94. The number of ether oxygens (including phenoxy) is 1. The number of hydrogen-bond acceptors (Lipinski definition) is 3. The second-order valence-electron chi connectivity index (χ2n) is 6.35. The Kier molecular flexibility index (Phi) is 5.23. The average molecular weight is 290 g/mol. The molecule has 1 saturated heterocycles. The lowest BCUT2D eigenvalue weighted by Crippen LogP contribution is -2.34. The zero-order valence-corrected chi connectivity index (χ0v) is 13.1. The van der Waals surface area contributed by atoms with Gasteiger partial charge in [0, 0.05) is 19.5 Å². The molecule has 4 nitrogen and oxygen atoms in total. The Morgan fingerprint density at radius 2 is 2.29 bits per heavy atom. The van der Waals surface area contributed by atoms with Gasteiger partial charge >= 0.3 is 0 Å². The number of nitrogens with zero attached hydrogens (tertiary/aromatic N) is 1. The molecule has 0 radical (unpaired) electrons. The summed E-state index contributed by atoms with van der Waals surface area (Å²) in [6.07, 6.45) is 2.31. The van der Waals surface area contributed by atoms with Gasteiger partial charge in [-0.2, -0.15) is 0 Å². The molecule has 1 aliphatic rings. The van der Waals surface area contributed by atoms with Gasteiger partial charge in [0.1, 0.15) is 5.75 Å². The molecule has 0 aromatic heterocycles. The van der Waals surface area contributed by atoms with Crippen molar-refractivity contribution in [3.05, 3.63) is 29.8 Å². The number of aryl methyl sites for hydroxylation is 1. The molecule has 2 N–H and O–H groups in total. The van der Waals surface area contributed by atoms with E-state index in [1.54, 1.807) is 0 Å². The van der Waals surface area contributed by atoms with Crippen LogP contribution in [-0.4, -0.2) is 37.0 Å². The topological polar surface area (TPSA) is 55.6 Å². The van der Waals surface area contributed by atoms with Crippen molar-refractivity contribution in [3.8, 4) is 5.75 Å². The van der Waals surface area contributed by atoms with Crippen LogP contribution in [0.1, 0.15) is 31.7 Å². The lowest BCUT2D eigenvalue weighted by Gasteiger charge is -2.22. The highest BCUT2D eigenvalue weighted by molar-refractivity contribution is 5.76. The summed E-state index contributed by atoms with van der Waals surface area (Å²) in [5.41, 5.74) is 7.06. The van der Waals surface area contributed by atoms with Gasteiger partial charge in [0.2, 0.25) is 5.91 Å². The van der Waals surface area contributed by atoms with Crippen LogP contribution in [0, 0.1) is 12.3 Å². The first-order valence-electron chi connectivity index (χ1n) is 7.70. The lowest BCUT2D eigenvalue weighted by atomic mass is 9.90. The van der Waals surface area contributed by atoms with Gasteiger partial charge in [0.15, 0.2) is 0 Å². The number of hydrogen-bond donors (Lipinski definition) is 1. The van der Waals surface area contributed by atoms with Gasteiger partial charge in [-0.25, -0.2) is 0 Å². The van der Waals surface area contributed by atoms with Crippen LogP contribution < -0.4 is 10.5 Å². The molecule has 1 aromatic carbocycles. The first-order valence-corrected chi connectivity index (χ1v) is 7.70. The highest BCUT2D eigenvalue weighted by Gasteiger charge is 2.34. The van der Waals surface area contributed by atoms with Crippen molar-refractivity contribution in [1.29, 1.82) is 0 Å². The maximum Gasteiger partial charge on any atom is 0.222 e. The molecular weight excluding hydrogens is 264 g/mol. The van der Waals surface area contributed by atoms with Crippen molar-refractivity contribution in [3.63, 3.8) is 0 Å². The standard InChI is InChI=1S/C17H26N2O2/c1-14-5-3-6-15(11-14)21-10-4-7-16(20)19-9-8-17(2,12-18)13-19/h3,5-6,11H,4,7-10,12-13,18H2,1-2H3. The number of amides is 1. The van der Waals surface area contributed by atoms with Crippen LogP contribution in [0.5, 0.6) is 5.75 Å². The number of carbonyl (C=O) groups is 1. The molecule has 1 amide bonds. The molecule has 1 fully saturated rings. The first kappa shape index (κ1) is 15.8. The van der Waals surface area contributed by atoms with Crippen LogP contribution in [0.4, 0.5) is 0 Å². The quantitative estimate of drug-likeness (QED) is 0.818. The summed E-state index contributed by atoms with van der Waals surface area (Å²) >= 11 is 0. The molecule has 1 aromatic rings. The third-order valence-corrected chi connectivity index (χ3v) is 4.20. The van der Waals surface area contributed by atoms with Gasteiger partial charge in [-0.3, -0.25) is 4.79 Å². The minimum atomic E-state index is 0.105. The third-order valence-electron chi connectivity index (χ3n) is 4.20. The molecule has 1 atom stereocenters. The van der Waals surface area contributed by atoms with E-state index in [1.807, 2.05) is 36.1 Å². The molecule has 1 unspecified atom stereocenters. The van der Waals surface area contributed by atoms with Crippen molar-refractivity contribution >= 4 is 5.91 Å². The Labute approximate surface area is 127 Å². The molecule has 21 heavy (non-hydrogen) atoms. The van der Waals surface area contributed by atoms with E-state index in [1.165, 1.54) is 5.56 Å². The van der Waals surface area contributed by atoms with E-state index < -0.39 is 0 Å². The normalized spacial score (nSPS) is 21.6.